The summed E-state index contributed by atoms with van der Waals surface area (Å²) in [5.41, 5.74) is -2.09. The Morgan fingerprint density at radius 1 is 1.24 bits per heavy atom. The SMILES string of the molecule is CCNC(=NCc1ccc(OC)cc1C(F)(F)F)NCC(C)(O)c1ccco1.I. The summed E-state index contributed by atoms with van der Waals surface area (Å²) in [4.78, 5) is 4.21. The van der Waals surface area contributed by atoms with Gasteiger partial charge in [-0.3, -0.25) is 0 Å². The lowest BCUT2D eigenvalue weighted by molar-refractivity contribution is -0.138. The first-order chi connectivity index (χ1) is 13.2. The average Bonchev–Trinajstić information content (AvgIpc) is 3.19. The van der Waals surface area contributed by atoms with Crippen LogP contribution in [0, 0.1) is 0 Å². The minimum Gasteiger partial charge on any atom is -0.497 e. The van der Waals surface area contributed by atoms with Crippen molar-refractivity contribution in [2.75, 3.05) is 20.2 Å². The number of methoxy groups -OCH3 is 1. The van der Waals surface area contributed by atoms with Gasteiger partial charge in [0.25, 0.3) is 0 Å². The quantitative estimate of drug-likeness (QED) is 0.290. The number of nitrogens with zero attached hydrogens (tertiary/aromatic N) is 1. The van der Waals surface area contributed by atoms with Crippen LogP contribution in [0.25, 0.3) is 0 Å². The van der Waals surface area contributed by atoms with Gasteiger partial charge in [0, 0.05) is 6.54 Å². The maximum absolute atomic E-state index is 13.3. The molecule has 0 aliphatic heterocycles. The molecule has 1 aromatic heterocycles. The van der Waals surface area contributed by atoms with Crippen molar-refractivity contribution in [3.8, 4) is 5.75 Å². The molecule has 2 aromatic rings. The number of hydrogen-bond acceptors (Lipinski definition) is 4. The summed E-state index contributed by atoms with van der Waals surface area (Å²) < 4.78 is 50.1. The molecule has 0 amide bonds. The van der Waals surface area contributed by atoms with Gasteiger partial charge in [0.05, 0.1) is 32.0 Å². The van der Waals surface area contributed by atoms with Crippen molar-refractivity contribution >= 4 is 29.9 Å². The smallest absolute Gasteiger partial charge is 0.416 e. The van der Waals surface area contributed by atoms with Gasteiger partial charge in [0.1, 0.15) is 17.1 Å². The van der Waals surface area contributed by atoms with Crippen LogP contribution in [0.2, 0.25) is 0 Å². The van der Waals surface area contributed by atoms with Crippen molar-refractivity contribution in [1.29, 1.82) is 0 Å². The van der Waals surface area contributed by atoms with Gasteiger partial charge in [-0.15, -0.1) is 24.0 Å². The summed E-state index contributed by atoms with van der Waals surface area (Å²) in [6.45, 7) is 3.76. The average molecular weight is 527 g/mol. The Bertz CT molecular complexity index is 794. The monoisotopic (exact) mass is 527 g/mol. The van der Waals surface area contributed by atoms with E-state index in [1.54, 1.807) is 19.1 Å². The maximum Gasteiger partial charge on any atom is 0.416 e. The van der Waals surface area contributed by atoms with Crippen LogP contribution in [0.1, 0.15) is 30.7 Å². The van der Waals surface area contributed by atoms with Gasteiger partial charge < -0.3 is 24.9 Å². The lowest BCUT2D eigenvalue weighted by atomic mass is 10.0. The normalized spacial score (nSPS) is 14.0. The van der Waals surface area contributed by atoms with E-state index in [0.29, 0.717) is 12.3 Å². The number of nitrogens with one attached hydrogen (secondary N) is 2. The molecule has 0 aliphatic rings. The second-order valence-corrected chi connectivity index (χ2v) is 6.32. The summed E-state index contributed by atoms with van der Waals surface area (Å²) in [6, 6.07) is 7.05. The fraction of sp³-hybridized carbons (Fsp3) is 0.421. The zero-order chi connectivity index (χ0) is 20.8. The predicted octanol–water partition coefficient (Wildman–Crippen LogP) is 3.89. The van der Waals surface area contributed by atoms with E-state index in [9.17, 15) is 18.3 Å². The second kappa shape index (κ2) is 10.7. The lowest BCUT2D eigenvalue weighted by Crippen LogP contribution is -2.44. The van der Waals surface area contributed by atoms with E-state index in [0.717, 1.165) is 6.07 Å². The molecule has 29 heavy (non-hydrogen) atoms. The number of aliphatic imine (C=N–C) groups is 1. The molecule has 3 N–H and O–H groups in total. The number of aliphatic hydroxyl groups is 1. The van der Waals surface area contributed by atoms with E-state index in [1.165, 1.54) is 25.5 Å². The number of benzene rings is 1. The van der Waals surface area contributed by atoms with E-state index in [1.807, 2.05) is 6.92 Å². The fourth-order valence-electron chi connectivity index (χ4n) is 2.52. The maximum atomic E-state index is 13.3. The molecule has 6 nitrogen and oxygen atoms in total. The van der Waals surface area contributed by atoms with Crippen LogP contribution >= 0.6 is 24.0 Å². The van der Waals surface area contributed by atoms with E-state index >= 15 is 0 Å². The van der Waals surface area contributed by atoms with Crippen LogP contribution in [-0.2, 0) is 18.3 Å². The first-order valence-electron chi connectivity index (χ1n) is 8.70. The van der Waals surface area contributed by atoms with Gasteiger partial charge in [-0.1, -0.05) is 6.07 Å². The lowest BCUT2D eigenvalue weighted by Gasteiger charge is -2.22. The Hall–Kier alpha value is -1.95. The van der Waals surface area contributed by atoms with E-state index in [4.69, 9.17) is 9.15 Å². The van der Waals surface area contributed by atoms with Crippen LogP contribution in [0.15, 0.2) is 46.0 Å². The molecule has 1 unspecified atom stereocenters. The number of halogens is 4. The van der Waals surface area contributed by atoms with Gasteiger partial charge in [-0.25, -0.2) is 4.99 Å². The van der Waals surface area contributed by atoms with Gasteiger partial charge in [0.2, 0.25) is 0 Å². The molecule has 0 radical (unpaired) electrons. The minimum absolute atomic E-state index is 0. The molecular formula is C19H25F3IN3O3. The van der Waals surface area contributed by atoms with Gasteiger partial charge >= 0.3 is 6.18 Å². The molecule has 10 heteroatoms. The fourth-order valence-corrected chi connectivity index (χ4v) is 2.52. The van der Waals surface area contributed by atoms with Crippen molar-refractivity contribution in [2.45, 2.75) is 32.2 Å². The van der Waals surface area contributed by atoms with Crippen molar-refractivity contribution in [3.05, 3.63) is 53.5 Å². The molecule has 1 atom stereocenters. The van der Waals surface area contributed by atoms with Crippen molar-refractivity contribution < 1.29 is 27.4 Å². The zero-order valence-electron chi connectivity index (χ0n) is 16.3. The third-order valence-electron chi connectivity index (χ3n) is 4.03. The Morgan fingerprint density at radius 2 is 1.97 bits per heavy atom. The van der Waals surface area contributed by atoms with Crippen molar-refractivity contribution in [3.63, 3.8) is 0 Å². The first-order valence-corrected chi connectivity index (χ1v) is 8.70. The molecule has 1 heterocycles. The highest BCUT2D eigenvalue weighted by atomic mass is 127. The molecule has 0 bridgehead atoms. The standard InChI is InChI=1S/C19H24F3N3O3.HI/c1-4-23-17(25-12-18(2,26)16-6-5-9-28-16)24-11-13-7-8-14(27-3)10-15(13)19(20,21)22;/h5-10,26H,4,11-12H2,1-3H3,(H2,23,24,25);1H. The number of ether oxygens (including phenoxy) is 1. The minimum atomic E-state index is -4.52. The van der Waals surface area contributed by atoms with E-state index in [2.05, 4.69) is 15.6 Å². The van der Waals surface area contributed by atoms with E-state index < -0.39 is 17.3 Å². The van der Waals surface area contributed by atoms with Gasteiger partial charge in [0.15, 0.2) is 5.96 Å². The van der Waals surface area contributed by atoms with Crippen LogP contribution in [0.4, 0.5) is 13.2 Å². The van der Waals surface area contributed by atoms with Gasteiger partial charge in [-0.05, 0) is 43.7 Å². The number of rotatable bonds is 7. The number of alkyl halides is 3. The summed E-state index contributed by atoms with van der Waals surface area (Å²) in [5.74, 6) is 0.767. The summed E-state index contributed by atoms with van der Waals surface area (Å²) in [6.07, 6.45) is -3.07. The molecule has 2 rings (SSSR count). The van der Waals surface area contributed by atoms with Crippen LogP contribution in [0.3, 0.4) is 0 Å². The number of furan rings is 1. The van der Waals surface area contributed by atoms with Gasteiger partial charge in [-0.2, -0.15) is 13.2 Å². The summed E-state index contributed by atoms with van der Waals surface area (Å²) in [7, 11) is 1.31. The Balaban J connectivity index is 0.00000420. The molecular weight excluding hydrogens is 502 g/mol. The Morgan fingerprint density at radius 3 is 2.52 bits per heavy atom. The molecule has 0 saturated carbocycles. The summed E-state index contributed by atoms with van der Waals surface area (Å²) in [5, 5.41) is 16.3. The Kier molecular flexibility index (Phi) is 9.27. The third kappa shape index (κ3) is 7.11. The van der Waals surface area contributed by atoms with Crippen LogP contribution in [0.5, 0.6) is 5.75 Å². The highest BCUT2D eigenvalue weighted by molar-refractivity contribution is 14.0. The first kappa shape index (κ1) is 25.1. The molecule has 162 valence electrons. The predicted molar refractivity (Wildman–Crippen MR) is 115 cm³/mol. The van der Waals surface area contributed by atoms with E-state index in [-0.39, 0.29) is 54.3 Å². The third-order valence-corrected chi connectivity index (χ3v) is 4.03. The van der Waals surface area contributed by atoms with Crippen molar-refractivity contribution in [2.24, 2.45) is 4.99 Å². The molecule has 0 spiro atoms. The second-order valence-electron chi connectivity index (χ2n) is 6.32. The zero-order valence-corrected chi connectivity index (χ0v) is 18.7. The van der Waals surface area contributed by atoms with Crippen LogP contribution < -0.4 is 15.4 Å². The highest BCUT2D eigenvalue weighted by Gasteiger charge is 2.33. The molecule has 0 saturated heterocycles. The number of guanidine groups is 1. The molecule has 1 aromatic carbocycles. The topological polar surface area (TPSA) is 79.0 Å². The highest BCUT2D eigenvalue weighted by Crippen LogP contribution is 2.34. The number of hydrogen-bond donors (Lipinski definition) is 3. The molecule has 0 aliphatic carbocycles. The van der Waals surface area contributed by atoms with Crippen molar-refractivity contribution in [1.82, 2.24) is 10.6 Å². The Labute approximate surface area is 184 Å². The molecule has 0 fully saturated rings. The van der Waals surface area contributed by atoms with Crippen LogP contribution in [-0.4, -0.2) is 31.3 Å². The summed E-state index contributed by atoms with van der Waals surface area (Å²) >= 11 is 0. The largest absolute Gasteiger partial charge is 0.497 e.